The number of thioether (sulfide) groups is 2. The van der Waals surface area contributed by atoms with E-state index in [0.717, 1.165) is 0 Å². The molecular weight excluding hydrogens is 204 g/mol. The fraction of sp³-hybridized carbons (Fsp3) is 0.667. The van der Waals surface area contributed by atoms with Crippen molar-refractivity contribution in [2.45, 2.75) is 13.3 Å². The number of carboxylic acids is 1. The van der Waals surface area contributed by atoms with E-state index < -0.39 is 5.97 Å². The van der Waals surface area contributed by atoms with Crippen LogP contribution in [0.5, 0.6) is 0 Å². The molecule has 0 aromatic heterocycles. The molecule has 0 unspecified atom stereocenters. The zero-order valence-electron chi connectivity index (χ0n) is 7.91. The van der Waals surface area contributed by atoms with Crippen LogP contribution in [0.1, 0.15) is 13.3 Å². The van der Waals surface area contributed by atoms with E-state index in [1.165, 1.54) is 36.4 Å². The molecule has 0 bridgehead atoms. The van der Waals surface area contributed by atoms with Gasteiger partial charge in [-0.1, -0.05) is 6.58 Å². The van der Waals surface area contributed by atoms with Gasteiger partial charge >= 0.3 is 5.97 Å². The van der Waals surface area contributed by atoms with Gasteiger partial charge in [0.05, 0.1) is 0 Å². The predicted molar refractivity (Wildman–Crippen MR) is 61.7 cm³/mol. The summed E-state index contributed by atoms with van der Waals surface area (Å²) in [4.78, 5) is 9.60. The quantitative estimate of drug-likeness (QED) is 0.689. The van der Waals surface area contributed by atoms with Crippen molar-refractivity contribution >= 4 is 29.5 Å². The molecule has 1 aliphatic heterocycles. The van der Waals surface area contributed by atoms with Gasteiger partial charge in [0.1, 0.15) is 0 Å². The molecule has 0 aromatic carbocycles. The van der Waals surface area contributed by atoms with Crippen molar-refractivity contribution in [1.29, 1.82) is 0 Å². The number of carbonyl (C=O) groups is 1. The lowest BCUT2D eigenvalue weighted by Gasteiger charge is -1.86. The van der Waals surface area contributed by atoms with Crippen LogP contribution in [-0.2, 0) is 4.79 Å². The third-order valence-electron chi connectivity index (χ3n) is 1.31. The molecule has 1 fully saturated rings. The normalized spacial score (nSPS) is 16.4. The first-order valence-corrected chi connectivity index (χ1v) is 6.50. The smallest absolute Gasteiger partial charge is 0.330 e. The molecule has 1 heterocycles. The minimum atomic E-state index is -0.935. The summed E-state index contributed by atoms with van der Waals surface area (Å²) in [5, 5.41) is 7.89. The van der Waals surface area contributed by atoms with E-state index in [2.05, 4.69) is 30.1 Å². The van der Waals surface area contributed by atoms with E-state index in [1.54, 1.807) is 0 Å². The van der Waals surface area contributed by atoms with Gasteiger partial charge in [-0.15, -0.1) is 0 Å². The van der Waals surface area contributed by atoms with Gasteiger partial charge in [0.15, 0.2) is 0 Å². The highest BCUT2D eigenvalue weighted by Crippen LogP contribution is 2.14. The van der Waals surface area contributed by atoms with Crippen molar-refractivity contribution in [2.75, 3.05) is 23.0 Å². The third kappa shape index (κ3) is 9.83. The van der Waals surface area contributed by atoms with Crippen LogP contribution in [0.25, 0.3) is 0 Å². The Morgan fingerprint density at radius 3 is 1.92 bits per heavy atom. The average molecular weight is 220 g/mol. The van der Waals surface area contributed by atoms with E-state index in [1.807, 2.05) is 0 Å². The second-order valence-corrected chi connectivity index (χ2v) is 5.11. The van der Waals surface area contributed by atoms with Gasteiger partial charge in [0.25, 0.3) is 0 Å². The van der Waals surface area contributed by atoms with E-state index in [0.29, 0.717) is 0 Å². The van der Waals surface area contributed by atoms with E-state index >= 15 is 0 Å². The summed E-state index contributed by atoms with van der Waals surface area (Å²) in [7, 11) is 0. The number of rotatable bonds is 1. The summed E-state index contributed by atoms with van der Waals surface area (Å²) in [6.07, 6.45) is 1.43. The Morgan fingerprint density at radius 1 is 1.23 bits per heavy atom. The van der Waals surface area contributed by atoms with Crippen LogP contribution < -0.4 is 0 Å². The first-order valence-electron chi connectivity index (χ1n) is 4.19. The molecule has 13 heavy (non-hydrogen) atoms. The molecular formula is C9H16O2S2. The van der Waals surface area contributed by atoms with Crippen molar-refractivity contribution in [1.82, 2.24) is 0 Å². The second kappa shape index (κ2) is 8.51. The summed E-state index contributed by atoms with van der Waals surface area (Å²) in [6.45, 7) is 4.60. The van der Waals surface area contributed by atoms with Crippen LogP contribution in [0, 0.1) is 0 Å². The van der Waals surface area contributed by atoms with Crippen LogP contribution in [0.15, 0.2) is 12.2 Å². The average Bonchev–Trinajstić information content (AvgIpc) is 2.35. The first-order chi connectivity index (χ1) is 6.14. The summed E-state index contributed by atoms with van der Waals surface area (Å²) < 4.78 is 0. The zero-order chi connectivity index (χ0) is 10.1. The summed E-state index contributed by atoms with van der Waals surface area (Å²) in [5.74, 6) is 4.62. The number of hydrogen-bond acceptors (Lipinski definition) is 3. The molecule has 0 aliphatic carbocycles. The van der Waals surface area contributed by atoms with Crippen molar-refractivity contribution < 1.29 is 9.90 Å². The number of aliphatic carboxylic acids is 1. The Labute approximate surface area is 88.2 Å². The van der Waals surface area contributed by atoms with Crippen molar-refractivity contribution in [2.24, 2.45) is 0 Å². The highest BCUT2D eigenvalue weighted by Gasteiger charge is 1.95. The minimum absolute atomic E-state index is 0.176. The molecule has 2 nitrogen and oxygen atoms in total. The molecule has 1 saturated heterocycles. The van der Waals surface area contributed by atoms with Gasteiger partial charge < -0.3 is 5.11 Å². The highest BCUT2D eigenvalue weighted by atomic mass is 32.2. The lowest BCUT2D eigenvalue weighted by molar-refractivity contribution is -0.132. The summed E-state index contributed by atoms with van der Waals surface area (Å²) >= 11 is 4.19. The SMILES string of the molecule is C1CSCCSC1.C=C(C)C(=O)O. The molecule has 1 rings (SSSR count). The monoisotopic (exact) mass is 220 g/mol. The fourth-order valence-electron chi connectivity index (χ4n) is 0.585. The Morgan fingerprint density at radius 2 is 1.62 bits per heavy atom. The molecule has 4 heteroatoms. The predicted octanol–water partition coefficient (Wildman–Crippen LogP) is 2.50. The van der Waals surface area contributed by atoms with Gasteiger partial charge in [0, 0.05) is 17.1 Å². The van der Waals surface area contributed by atoms with Gasteiger partial charge in [-0.05, 0) is 24.9 Å². The highest BCUT2D eigenvalue weighted by molar-refractivity contribution is 8.03. The number of hydrogen-bond donors (Lipinski definition) is 1. The molecule has 0 radical (unpaired) electrons. The molecule has 0 spiro atoms. The summed E-state index contributed by atoms with van der Waals surface area (Å²) in [5.41, 5.74) is 0.176. The molecule has 0 saturated carbocycles. The number of carboxylic acid groups (broad SMARTS) is 1. The Kier molecular flexibility index (Phi) is 8.45. The first kappa shape index (κ1) is 12.9. The maximum absolute atomic E-state index is 9.60. The Balaban J connectivity index is 0.000000226. The van der Waals surface area contributed by atoms with Crippen molar-refractivity contribution in [3.63, 3.8) is 0 Å². The lowest BCUT2D eigenvalue weighted by atomic mass is 10.4. The van der Waals surface area contributed by atoms with Crippen LogP contribution in [-0.4, -0.2) is 34.1 Å². The molecule has 0 amide bonds. The Bertz CT molecular complexity index is 137. The van der Waals surface area contributed by atoms with Crippen LogP contribution in [0.4, 0.5) is 0 Å². The maximum Gasteiger partial charge on any atom is 0.330 e. The lowest BCUT2D eigenvalue weighted by Crippen LogP contribution is -1.92. The standard InChI is InChI=1S/C5H10S2.C4H6O2/c1-2-6-4-5-7-3-1;1-3(2)4(5)6/h1-5H2;1H2,2H3,(H,5,6). The third-order valence-corrected chi connectivity index (χ3v) is 3.71. The molecule has 76 valence electrons. The van der Waals surface area contributed by atoms with Crippen LogP contribution >= 0.6 is 23.5 Å². The fourth-order valence-corrected chi connectivity index (χ4v) is 2.82. The zero-order valence-corrected chi connectivity index (χ0v) is 9.55. The molecule has 1 aliphatic rings. The van der Waals surface area contributed by atoms with Crippen LogP contribution in [0.2, 0.25) is 0 Å². The summed E-state index contributed by atoms with van der Waals surface area (Å²) in [6, 6.07) is 0. The molecule has 1 N–H and O–H groups in total. The maximum atomic E-state index is 9.60. The van der Waals surface area contributed by atoms with E-state index in [9.17, 15) is 4.79 Å². The van der Waals surface area contributed by atoms with Gasteiger partial charge in [-0.25, -0.2) is 4.79 Å². The molecule has 0 atom stereocenters. The van der Waals surface area contributed by atoms with Crippen molar-refractivity contribution in [3.05, 3.63) is 12.2 Å². The Hall–Kier alpha value is -0.0900. The molecule has 0 aromatic rings. The minimum Gasteiger partial charge on any atom is -0.478 e. The van der Waals surface area contributed by atoms with Gasteiger partial charge in [0.2, 0.25) is 0 Å². The van der Waals surface area contributed by atoms with Gasteiger partial charge in [-0.2, -0.15) is 23.5 Å². The van der Waals surface area contributed by atoms with E-state index in [-0.39, 0.29) is 5.57 Å². The van der Waals surface area contributed by atoms with Crippen molar-refractivity contribution in [3.8, 4) is 0 Å². The van der Waals surface area contributed by atoms with Crippen LogP contribution in [0.3, 0.4) is 0 Å². The second-order valence-electron chi connectivity index (χ2n) is 2.66. The topological polar surface area (TPSA) is 37.3 Å². The van der Waals surface area contributed by atoms with Gasteiger partial charge in [-0.3, -0.25) is 0 Å². The largest absolute Gasteiger partial charge is 0.478 e. The van der Waals surface area contributed by atoms with E-state index in [4.69, 9.17) is 5.11 Å².